The van der Waals surface area contributed by atoms with Crippen molar-refractivity contribution in [1.82, 2.24) is 4.98 Å². The van der Waals surface area contributed by atoms with Crippen LogP contribution in [0.15, 0.2) is 47.8 Å². The molecule has 172 valence electrons. The number of fused-ring (bicyclic) bond motifs is 1. The lowest BCUT2D eigenvalue weighted by molar-refractivity contribution is -0.125. The molecule has 0 spiro atoms. The van der Waals surface area contributed by atoms with Crippen molar-refractivity contribution < 1.29 is 19.1 Å². The molecule has 1 aromatic heterocycles. The monoisotopic (exact) mass is 465 g/mol. The number of aromatic nitrogens is 1. The molecule has 0 radical (unpaired) electrons. The van der Waals surface area contributed by atoms with Crippen LogP contribution in [0.3, 0.4) is 0 Å². The van der Waals surface area contributed by atoms with Gasteiger partial charge < -0.3 is 14.8 Å². The van der Waals surface area contributed by atoms with Crippen LogP contribution in [0.5, 0.6) is 11.5 Å². The summed E-state index contributed by atoms with van der Waals surface area (Å²) in [5, 5.41) is 5.99. The van der Waals surface area contributed by atoms with Gasteiger partial charge in [-0.3, -0.25) is 14.5 Å². The van der Waals surface area contributed by atoms with Gasteiger partial charge in [0, 0.05) is 10.9 Å². The van der Waals surface area contributed by atoms with Crippen LogP contribution in [0, 0.1) is 0 Å². The Morgan fingerprint density at radius 1 is 1.27 bits per heavy atom. The van der Waals surface area contributed by atoms with Crippen molar-refractivity contribution in [3.8, 4) is 22.8 Å². The number of carbonyl (C=O) groups excluding carboxylic acids is 2. The number of hydrogen-bond donors (Lipinski definition) is 1. The molecule has 4 rings (SSSR count). The number of thiazole rings is 1. The van der Waals surface area contributed by atoms with Gasteiger partial charge in [-0.05, 0) is 57.0 Å². The third-order valence-corrected chi connectivity index (χ3v) is 6.27. The highest BCUT2D eigenvalue weighted by molar-refractivity contribution is 7.09. The second kappa shape index (κ2) is 10.0. The van der Waals surface area contributed by atoms with Crippen molar-refractivity contribution >= 4 is 34.5 Å². The molecule has 0 aliphatic carbocycles. The molecular formula is C25H27N3O4S. The van der Waals surface area contributed by atoms with E-state index in [0.29, 0.717) is 29.5 Å². The number of rotatable bonds is 8. The molecule has 8 heteroatoms. The number of anilines is 2. The van der Waals surface area contributed by atoms with E-state index in [9.17, 15) is 9.59 Å². The van der Waals surface area contributed by atoms with Crippen LogP contribution in [0.25, 0.3) is 11.3 Å². The molecule has 0 fully saturated rings. The fourth-order valence-corrected chi connectivity index (χ4v) is 4.64. The Morgan fingerprint density at radius 2 is 2.09 bits per heavy atom. The molecule has 2 heterocycles. The van der Waals surface area contributed by atoms with E-state index >= 15 is 0 Å². The summed E-state index contributed by atoms with van der Waals surface area (Å²) < 4.78 is 11.2. The van der Waals surface area contributed by atoms with Crippen LogP contribution in [-0.2, 0) is 16.0 Å². The van der Waals surface area contributed by atoms with Crippen LogP contribution >= 0.6 is 11.3 Å². The molecule has 2 aromatic carbocycles. The van der Waals surface area contributed by atoms with Gasteiger partial charge in [0.15, 0.2) is 6.61 Å². The summed E-state index contributed by atoms with van der Waals surface area (Å²) in [7, 11) is 0. The zero-order chi connectivity index (χ0) is 23.4. The second-order valence-corrected chi connectivity index (χ2v) is 8.65. The van der Waals surface area contributed by atoms with Crippen molar-refractivity contribution in [2.75, 3.05) is 23.4 Å². The van der Waals surface area contributed by atoms with E-state index in [1.165, 1.54) is 4.90 Å². The van der Waals surface area contributed by atoms with E-state index in [2.05, 4.69) is 12.2 Å². The molecule has 1 aliphatic rings. The molecule has 0 bridgehead atoms. The van der Waals surface area contributed by atoms with Gasteiger partial charge in [0.1, 0.15) is 17.5 Å². The second-order valence-electron chi connectivity index (χ2n) is 7.71. The third-order valence-electron chi connectivity index (χ3n) is 5.36. The van der Waals surface area contributed by atoms with Crippen molar-refractivity contribution in [2.45, 2.75) is 39.7 Å². The number of aryl methyl sites for hydroxylation is 1. The number of hydrogen-bond acceptors (Lipinski definition) is 6. The Labute approximate surface area is 197 Å². The predicted molar refractivity (Wildman–Crippen MR) is 130 cm³/mol. The SMILES string of the molecule is CCCc1nc(-c2ccc3c(c2)N(C(C)C(=O)Nc2ccccc2OCC)C(=O)CO3)cs1. The Bertz CT molecular complexity index is 1160. The predicted octanol–water partition coefficient (Wildman–Crippen LogP) is 4.91. The third kappa shape index (κ3) is 4.85. The first-order chi connectivity index (χ1) is 16.0. The number of nitrogens with one attached hydrogen (secondary N) is 1. The van der Waals surface area contributed by atoms with E-state index < -0.39 is 6.04 Å². The van der Waals surface area contributed by atoms with E-state index in [4.69, 9.17) is 14.5 Å². The molecule has 0 saturated heterocycles. The normalized spacial score (nSPS) is 13.8. The van der Waals surface area contributed by atoms with E-state index in [0.717, 1.165) is 29.1 Å². The summed E-state index contributed by atoms with van der Waals surface area (Å²) >= 11 is 1.63. The molecule has 1 unspecified atom stereocenters. The number of amides is 2. The number of nitrogens with zero attached hydrogens (tertiary/aromatic N) is 2. The van der Waals surface area contributed by atoms with Crippen LogP contribution in [0.2, 0.25) is 0 Å². The number of para-hydroxylation sites is 2. The first kappa shape index (κ1) is 22.8. The van der Waals surface area contributed by atoms with Crippen LogP contribution < -0.4 is 19.7 Å². The van der Waals surface area contributed by atoms with Gasteiger partial charge in [-0.25, -0.2) is 4.98 Å². The van der Waals surface area contributed by atoms with E-state index in [1.807, 2.05) is 42.6 Å². The summed E-state index contributed by atoms with van der Waals surface area (Å²) in [6, 6.07) is 12.1. The fraction of sp³-hybridized carbons (Fsp3) is 0.320. The summed E-state index contributed by atoms with van der Waals surface area (Å²) in [5.74, 6) is 0.567. The summed E-state index contributed by atoms with van der Waals surface area (Å²) in [6.45, 7) is 6.09. The Morgan fingerprint density at radius 3 is 2.88 bits per heavy atom. The molecule has 1 aliphatic heterocycles. The topological polar surface area (TPSA) is 80.8 Å². The average Bonchev–Trinajstić information content (AvgIpc) is 3.28. The number of ether oxygens (including phenoxy) is 2. The zero-order valence-corrected chi connectivity index (χ0v) is 19.8. The van der Waals surface area contributed by atoms with Crippen molar-refractivity contribution in [1.29, 1.82) is 0 Å². The number of benzene rings is 2. The smallest absolute Gasteiger partial charge is 0.265 e. The minimum Gasteiger partial charge on any atom is -0.492 e. The van der Waals surface area contributed by atoms with Gasteiger partial charge in [-0.15, -0.1) is 11.3 Å². The Hall–Kier alpha value is -3.39. The van der Waals surface area contributed by atoms with Gasteiger partial charge >= 0.3 is 0 Å². The van der Waals surface area contributed by atoms with E-state index in [1.54, 1.807) is 30.4 Å². The lowest BCUT2D eigenvalue weighted by atomic mass is 10.1. The fourth-order valence-electron chi connectivity index (χ4n) is 3.73. The number of carbonyl (C=O) groups is 2. The van der Waals surface area contributed by atoms with Gasteiger partial charge in [0.25, 0.3) is 5.91 Å². The van der Waals surface area contributed by atoms with Crippen molar-refractivity contribution in [3.05, 3.63) is 52.9 Å². The minimum atomic E-state index is -0.754. The minimum absolute atomic E-state index is 0.114. The average molecular weight is 466 g/mol. The molecule has 2 amide bonds. The van der Waals surface area contributed by atoms with Gasteiger partial charge in [0.2, 0.25) is 5.91 Å². The van der Waals surface area contributed by atoms with Crippen LogP contribution in [-0.4, -0.2) is 36.1 Å². The first-order valence-corrected chi connectivity index (χ1v) is 12.0. The highest BCUT2D eigenvalue weighted by Gasteiger charge is 2.33. The van der Waals surface area contributed by atoms with E-state index in [-0.39, 0.29) is 18.4 Å². The quantitative estimate of drug-likeness (QED) is 0.511. The molecule has 0 saturated carbocycles. The largest absolute Gasteiger partial charge is 0.492 e. The summed E-state index contributed by atoms with van der Waals surface area (Å²) in [5.41, 5.74) is 2.86. The molecule has 1 N–H and O–H groups in total. The maximum absolute atomic E-state index is 13.1. The maximum Gasteiger partial charge on any atom is 0.265 e. The molecule has 7 nitrogen and oxygen atoms in total. The molecule has 33 heavy (non-hydrogen) atoms. The van der Waals surface area contributed by atoms with Crippen molar-refractivity contribution in [2.24, 2.45) is 0 Å². The van der Waals surface area contributed by atoms with Gasteiger partial charge in [0.05, 0.1) is 28.7 Å². The summed E-state index contributed by atoms with van der Waals surface area (Å²) in [4.78, 5) is 32.2. The maximum atomic E-state index is 13.1. The van der Waals surface area contributed by atoms with Crippen LogP contribution in [0.4, 0.5) is 11.4 Å². The first-order valence-electron chi connectivity index (χ1n) is 11.1. The standard InChI is InChI=1S/C25H27N3O4S/c1-4-8-23-26-19(15-33-23)17-11-12-22-20(13-17)28(24(29)14-32-22)16(3)25(30)27-18-9-6-7-10-21(18)31-5-2/h6-7,9-13,15-16H,4-5,8,14H2,1-3H3,(H,27,30). The molecular weight excluding hydrogens is 438 g/mol. The molecule has 1 atom stereocenters. The zero-order valence-electron chi connectivity index (χ0n) is 19.0. The summed E-state index contributed by atoms with van der Waals surface area (Å²) in [6.07, 6.45) is 1.97. The Kier molecular flexibility index (Phi) is 6.93. The lowest BCUT2D eigenvalue weighted by Crippen LogP contribution is -2.49. The highest BCUT2D eigenvalue weighted by Crippen LogP contribution is 2.37. The van der Waals surface area contributed by atoms with Crippen molar-refractivity contribution in [3.63, 3.8) is 0 Å². The van der Waals surface area contributed by atoms with Crippen LogP contribution in [0.1, 0.15) is 32.2 Å². The van der Waals surface area contributed by atoms with Gasteiger partial charge in [-0.1, -0.05) is 19.1 Å². The molecule has 3 aromatic rings. The highest BCUT2D eigenvalue weighted by atomic mass is 32.1. The Balaban J connectivity index is 1.61. The van der Waals surface area contributed by atoms with Gasteiger partial charge in [-0.2, -0.15) is 0 Å². The lowest BCUT2D eigenvalue weighted by Gasteiger charge is -2.33.